The summed E-state index contributed by atoms with van der Waals surface area (Å²) in [6.07, 6.45) is -2.06. The van der Waals surface area contributed by atoms with Gasteiger partial charge in [0.2, 0.25) is 0 Å². The van der Waals surface area contributed by atoms with Gasteiger partial charge in [-0.05, 0) is 6.92 Å². The Morgan fingerprint density at radius 2 is 2.00 bits per heavy atom. The highest BCUT2D eigenvalue weighted by molar-refractivity contribution is 5.83. The summed E-state index contributed by atoms with van der Waals surface area (Å²) >= 11 is 0. The molecule has 0 heterocycles. The number of hydrogen-bond acceptors (Lipinski definition) is 5. The van der Waals surface area contributed by atoms with Crippen LogP contribution in [-0.2, 0) is 0 Å². The molecule has 0 aliphatic rings. The van der Waals surface area contributed by atoms with Gasteiger partial charge in [0.1, 0.15) is 6.10 Å². The molecule has 0 aliphatic carbocycles. The molecule has 5 nitrogen and oxygen atoms in total. The summed E-state index contributed by atoms with van der Waals surface area (Å²) in [6.45, 7) is 1.42. The average molecular weight is 161 g/mol. The summed E-state index contributed by atoms with van der Waals surface area (Å²) in [4.78, 5) is 0. The van der Waals surface area contributed by atoms with Gasteiger partial charge in [-0.25, -0.2) is 0 Å². The van der Waals surface area contributed by atoms with Crippen LogP contribution in [0.2, 0.25) is 0 Å². The number of aliphatic hydroxyl groups is 2. The predicted octanol–water partition coefficient (Wildman–Crippen LogP) is -1.97. The molecule has 0 aliphatic heterocycles. The number of nitrogens with two attached hydrogens (primary N) is 2. The third-order valence-electron chi connectivity index (χ3n) is 1.49. The maximum atomic E-state index is 9.13. The van der Waals surface area contributed by atoms with E-state index in [1.165, 1.54) is 6.92 Å². The maximum absolute atomic E-state index is 9.13. The summed E-state index contributed by atoms with van der Waals surface area (Å²) in [5, 5.41) is 25.2. The second-order valence-electron chi connectivity index (χ2n) is 2.51. The Kier molecular flexibility index (Phi) is 4.20. The van der Waals surface area contributed by atoms with Crippen LogP contribution in [0, 0.1) is 5.41 Å². The highest BCUT2D eigenvalue weighted by atomic mass is 16.3. The molecular weight excluding hydrogens is 146 g/mol. The van der Waals surface area contributed by atoms with Crippen molar-refractivity contribution in [1.82, 2.24) is 0 Å². The van der Waals surface area contributed by atoms with Crippen LogP contribution in [0.25, 0.3) is 0 Å². The minimum atomic E-state index is -1.10. The van der Waals surface area contributed by atoms with Crippen LogP contribution in [0.15, 0.2) is 0 Å². The van der Waals surface area contributed by atoms with Crippen molar-refractivity contribution in [2.45, 2.75) is 25.2 Å². The van der Waals surface area contributed by atoms with Crippen LogP contribution in [0.3, 0.4) is 0 Å². The lowest BCUT2D eigenvalue weighted by atomic mass is 10.0. The molecule has 0 saturated carbocycles. The molecule has 5 heteroatoms. The quantitative estimate of drug-likeness (QED) is 0.307. The van der Waals surface area contributed by atoms with Crippen molar-refractivity contribution >= 4 is 5.71 Å². The van der Waals surface area contributed by atoms with Gasteiger partial charge in [-0.3, -0.25) is 0 Å². The highest BCUT2D eigenvalue weighted by Crippen LogP contribution is 1.97. The summed E-state index contributed by atoms with van der Waals surface area (Å²) in [5.74, 6) is 0. The van der Waals surface area contributed by atoms with Crippen molar-refractivity contribution in [3.8, 4) is 0 Å². The van der Waals surface area contributed by atoms with Gasteiger partial charge in [0.05, 0.1) is 12.1 Å². The second kappa shape index (κ2) is 4.40. The Labute approximate surface area is 65.5 Å². The van der Waals surface area contributed by atoms with E-state index in [1.54, 1.807) is 0 Å². The lowest BCUT2D eigenvalue weighted by Gasteiger charge is -2.21. The first-order valence-corrected chi connectivity index (χ1v) is 3.37. The van der Waals surface area contributed by atoms with Gasteiger partial charge in [0.25, 0.3) is 0 Å². The number of hydrogen-bond donors (Lipinski definition) is 5. The fraction of sp³-hybridized carbons (Fsp3) is 0.833. The third kappa shape index (κ3) is 2.94. The van der Waals surface area contributed by atoms with Crippen LogP contribution in [0.1, 0.15) is 6.92 Å². The van der Waals surface area contributed by atoms with Gasteiger partial charge in [-0.2, -0.15) is 0 Å². The van der Waals surface area contributed by atoms with Crippen LogP contribution < -0.4 is 11.5 Å². The zero-order valence-corrected chi connectivity index (χ0v) is 6.49. The molecule has 0 aromatic heterocycles. The molecule has 0 spiro atoms. The van der Waals surface area contributed by atoms with Crippen molar-refractivity contribution in [3.63, 3.8) is 0 Å². The van der Waals surface area contributed by atoms with E-state index in [0.29, 0.717) is 0 Å². The van der Waals surface area contributed by atoms with Crippen LogP contribution in [0.4, 0.5) is 0 Å². The molecule has 11 heavy (non-hydrogen) atoms. The van der Waals surface area contributed by atoms with E-state index < -0.39 is 18.2 Å². The van der Waals surface area contributed by atoms with Crippen LogP contribution in [-0.4, -0.2) is 40.7 Å². The molecule has 0 aromatic rings. The van der Waals surface area contributed by atoms with Crippen molar-refractivity contribution in [2.75, 3.05) is 6.54 Å². The first-order chi connectivity index (χ1) is 5.00. The molecular formula is C6H15N3O2. The van der Waals surface area contributed by atoms with Gasteiger partial charge in [-0.15, -0.1) is 0 Å². The van der Waals surface area contributed by atoms with Crippen molar-refractivity contribution in [3.05, 3.63) is 0 Å². The molecule has 7 N–H and O–H groups in total. The highest BCUT2D eigenvalue weighted by Gasteiger charge is 2.22. The lowest BCUT2D eigenvalue weighted by molar-refractivity contribution is 0.0917. The van der Waals surface area contributed by atoms with Crippen LogP contribution in [0.5, 0.6) is 0 Å². The first-order valence-electron chi connectivity index (χ1n) is 3.37. The predicted molar refractivity (Wildman–Crippen MR) is 42.4 cm³/mol. The molecule has 0 amide bonds. The zero-order chi connectivity index (χ0) is 9.02. The SMILES string of the molecule is CC(=N)[C@@H](O)C(N)C(O)CN. The molecule has 3 atom stereocenters. The molecule has 0 bridgehead atoms. The standard InChI is InChI=1S/C6H15N3O2/c1-3(8)6(11)5(9)4(10)2-7/h4-6,8,10-11H,2,7,9H2,1H3/t4?,5?,6-/m1/s1. The minimum Gasteiger partial charge on any atom is -0.390 e. The van der Waals surface area contributed by atoms with Crippen LogP contribution >= 0.6 is 0 Å². The molecule has 2 unspecified atom stereocenters. The summed E-state index contributed by atoms with van der Waals surface area (Å²) < 4.78 is 0. The fourth-order valence-corrected chi connectivity index (χ4v) is 0.656. The molecule has 0 aromatic carbocycles. The Bertz CT molecular complexity index is 140. The first kappa shape index (κ1) is 10.5. The smallest absolute Gasteiger partial charge is 0.109 e. The van der Waals surface area contributed by atoms with E-state index in [1.807, 2.05) is 0 Å². The second-order valence-corrected chi connectivity index (χ2v) is 2.51. The zero-order valence-electron chi connectivity index (χ0n) is 6.49. The lowest BCUT2D eigenvalue weighted by Crippen LogP contribution is -2.50. The Hall–Kier alpha value is -0.490. The minimum absolute atomic E-state index is 0.00843. The van der Waals surface area contributed by atoms with E-state index in [4.69, 9.17) is 27.1 Å². The van der Waals surface area contributed by atoms with Gasteiger partial charge < -0.3 is 27.1 Å². The average Bonchev–Trinajstić information content (AvgIpc) is 2.00. The molecule has 0 radical (unpaired) electrons. The van der Waals surface area contributed by atoms with E-state index >= 15 is 0 Å². The van der Waals surface area contributed by atoms with E-state index in [2.05, 4.69) is 0 Å². The maximum Gasteiger partial charge on any atom is 0.109 e. The van der Waals surface area contributed by atoms with Crippen molar-refractivity contribution < 1.29 is 10.2 Å². The number of aliphatic hydroxyl groups excluding tert-OH is 2. The molecule has 66 valence electrons. The largest absolute Gasteiger partial charge is 0.390 e. The van der Waals surface area contributed by atoms with Gasteiger partial charge in [0.15, 0.2) is 0 Å². The Morgan fingerprint density at radius 1 is 1.55 bits per heavy atom. The van der Waals surface area contributed by atoms with Crippen molar-refractivity contribution in [1.29, 1.82) is 5.41 Å². The van der Waals surface area contributed by atoms with Gasteiger partial charge in [-0.1, -0.05) is 0 Å². The Morgan fingerprint density at radius 3 is 2.27 bits per heavy atom. The van der Waals surface area contributed by atoms with E-state index in [0.717, 1.165) is 0 Å². The summed E-state index contributed by atoms with van der Waals surface area (Å²) in [5.41, 5.74) is 10.5. The number of nitrogens with one attached hydrogen (secondary N) is 1. The summed E-state index contributed by atoms with van der Waals surface area (Å²) in [7, 11) is 0. The molecule has 0 fully saturated rings. The van der Waals surface area contributed by atoms with Gasteiger partial charge >= 0.3 is 0 Å². The Balaban J connectivity index is 4.00. The fourth-order valence-electron chi connectivity index (χ4n) is 0.656. The topological polar surface area (TPSA) is 116 Å². The van der Waals surface area contributed by atoms with E-state index in [9.17, 15) is 0 Å². The van der Waals surface area contributed by atoms with Crippen molar-refractivity contribution in [2.24, 2.45) is 11.5 Å². The van der Waals surface area contributed by atoms with Gasteiger partial charge in [0, 0.05) is 12.3 Å². The van der Waals surface area contributed by atoms with E-state index in [-0.39, 0.29) is 12.3 Å². The third-order valence-corrected chi connectivity index (χ3v) is 1.49. The monoisotopic (exact) mass is 161 g/mol. The molecule has 0 saturated heterocycles. The molecule has 0 rings (SSSR count). The normalized spacial score (nSPS) is 19.0. The summed E-state index contributed by atoms with van der Waals surface area (Å²) in [6, 6.07) is -0.863. The number of rotatable bonds is 4.